The predicted molar refractivity (Wildman–Crippen MR) is 112 cm³/mol. The second-order valence-electron chi connectivity index (χ2n) is 8.94. The van der Waals surface area contributed by atoms with Crippen molar-refractivity contribution in [3.8, 4) is 0 Å². The lowest BCUT2D eigenvalue weighted by Gasteiger charge is -2.24. The van der Waals surface area contributed by atoms with Crippen molar-refractivity contribution in [2.75, 3.05) is 25.2 Å². The summed E-state index contributed by atoms with van der Waals surface area (Å²) < 4.78 is 25.5. The van der Waals surface area contributed by atoms with Gasteiger partial charge in [-0.15, -0.1) is 0 Å². The Morgan fingerprint density at radius 2 is 1.71 bits per heavy atom. The van der Waals surface area contributed by atoms with E-state index in [2.05, 4.69) is 5.10 Å². The van der Waals surface area contributed by atoms with Crippen molar-refractivity contribution in [3.05, 3.63) is 17.0 Å². The maximum Gasteiger partial charge on any atom is 0.335 e. The predicted octanol–water partition coefficient (Wildman–Crippen LogP) is 0.982. The fraction of sp³-hybridized carbons (Fsp3) is 0.700. The molecule has 1 saturated carbocycles. The molecule has 31 heavy (non-hydrogen) atoms. The van der Waals surface area contributed by atoms with Gasteiger partial charge in [0.1, 0.15) is 0 Å². The molecule has 11 heteroatoms. The van der Waals surface area contributed by atoms with Crippen LogP contribution in [0.2, 0.25) is 0 Å². The smallest absolute Gasteiger partial charge is 0.284 e. The summed E-state index contributed by atoms with van der Waals surface area (Å²) in [7, 11) is -1.24. The van der Waals surface area contributed by atoms with Crippen molar-refractivity contribution in [2.45, 2.75) is 64.6 Å². The standard InChI is InChI=1S/C20H29N5O5S/c1-13-17(14(2)25(21-13)16-8-9-31(29,30)11-16)10-22(3)12-23-18(26)19(27)24(20(23)28)15-6-4-5-7-15/h15-16H,4-12H2,1-3H3. The number of nitrogens with zero attached hydrogens (tertiary/aromatic N) is 5. The van der Waals surface area contributed by atoms with Crippen LogP contribution in [0.1, 0.15) is 55.1 Å². The quantitative estimate of drug-likeness (QED) is 0.468. The molecule has 1 aromatic rings. The van der Waals surface area contributed by atoms with Gasteiger partial charge in [0.15, 0.2) is 9.84 Å². The minimum atomic E-state index is -3.02. The van der Waals surface area contributed by atoms with Gasteiger partial charge in [0.05, 0.1) is 29.9 Å². The number of hydrogen-bond donors (Lipinski definition) is 0. The summed E-state index contributed by atoms with van der Waals surface area (Å²) in [5.41, 5.74) is 2.61. The maximum absolute atomic E-state index is 12.8. The number of amides is 4. The Hall–Kier alpha value is -2.27. The molecule has 3 aliphatic rings. The molecule has 170 valence electrons. The molecule has 2 saturated heterocycles. The van der Waals surface area contributed by atoms with E-state index in [9.17, 15) is 22.8 Å². The van der Waals surface area contributed by atoms with Gasteiger partial charge in [-0.1, -0.05) is 12.8 Å². The molecule has 3 heterocycles. The first-order valence-electron chi connectivity index (χ1n) is 10.7. The largest absolute Gasteiger partial charge is 0.335 e. The molecule has 1 atom stereocenters. The highest BCUT2D eigenvalue weighted by molar-refractivity contribution is 7.91. The number of rotatable bonds is 6. The fourth-order valence-electron chi connectivity index (χ4n) is 4.94. The second-order valence-corrected chi connectivity index (χ2v) is 11.2. The molecule has 1 aliphatic carbocycles. The number of aromatic nitrogens is 2. The third kappa shape index (κ3) is 4.00. The summed E-state index contributed by atoms with van der Waals surface area (Å²) in [6.07, 6.45) is 3.97. The van der Waals surface area contributed by atoms with Crippen molar-refractivity contribution < 1.29 is 22.8 Å². The molecule has 0 spiro atoms. The van der Waals surface area contributed by atoms with Gasteiger partial charge in [-0.25, -0.2) is 18.1 Å². The molecule has 0 radical (unpaired) electrons. The second kappa shape index (κ2) is 8.01. The Morgan fingerprint density at radius 1 is 1.03 bits per heavy atom. The van der Waals surface area contributed by atoms with Crippen LogP contribution in [0.15, 0.2) is 0 Å². The van der Waals surface area contributed by atoms with Crippen molar-refractivity contribution in [3.63, 3.8) is 0 Å². The number of carbonyl (C=O) groups excluding carboxylic acids is 3. The average Bonchev–Trinajstić information content (AvgIpc) is 3.44. The van der Waals surface area contributed by atoms with Gasteiger partial charge in [-0.3, -0.25) is 24.1 Å². The number of aryl methyl sites for hydroxylation is 1. The highest BCUT2D eigenvalue weighted by atomic mass is 32.2. The highest BCUT2D eigenvalue weighted by Gasteiger charge is 2.48. The van der Waals surface area contributed by atoms with Crippen LogP contribution in [-0.2, 0) is 26.0 Å². The molecule has 3 fully saturated rings. The fourth-order valence-corrected chi connectivity index (χ4v) is 6.63. The molecular weight excluding hydrogens is 422 g/mol. The number of sulfone groups is 1. The van der Waals surface area contributed by atoms with E-state index in [0.717, 1.165) is 52.4 Å². The molecule has 0 aromatic carbocycles. The van der Waals surface area contributed by atoms with Crippen LogP contribution in [0.3, 0.4) is 0 Å². The van der Waals surface area contributed by atoms with Crippen molar-refractivity contribution in [2.24, 2.45) is 0 Å². The van der Waals surface area contributed by atoms with Gasteiger partial charge >= 0.3 is 17.8 Å². The van der Waals surface area contributed by atoms with Crippen molar-refractivity contribution >= 4 is 27.7 Å². The van der Waals surface area contributed by atoms with E-state index in [1.54, 1.807) is 16.6 Å². The minimum absolute atomic E-state index is 0.00843. The zero-order valence-corrected chi connectivity index (χ0v) is 19.0. The lowest BCUT2D eigenvalue weighted by molar-refractivity contribution is -0.144. The van der Waals surface area contributed by atoms with Crippen LogP contribution in [0.4, 0.5) is 4.79 Å². The third-order valence-electron chi connectivity index (χ3n) is 6.61. The van der Waals surface area contributed by atoms with Crippen LogP contribution in [0.25, 0.3) is 0 Å². The lowest BCUT2D eigenvalue weighted by Crippen LogP contribution is -2.42. The zero-order chi connectivity index (χ0) is 22.5. The van der Waals surface area contributed by atoms with Gasteiger partial charge in [0.2, 0.25) is 0 Å². The van der Waals surface area contributed by atoms with E-state index in [1.165, 1.54) is 0 Å². The third-order valence-corrected chi connectivity index (χ3v) is 8.36. The summed E-state index contributed by atoms with van der Waals surface area (Å²) in [5.74, 6) is -1.23. The van der Waals surface area contributed by atoms with E-state index < -0.39 is 27.7 Å². The topological polar surface area (TPSA) is 113 Å². The van der Waals surface area contributed by atoms with Gasteiger partial charge in [0.25, 0.3) is 0 Å². The SMILES string of the molecule is Cc1nn(C2CCS(=O)(=O)C2)c(C)c1CN(C)CN1C(=O)C(=O)N(C2CCCC2)C1=O. The lowest BCUT2D eigenvalue weighted by atomic mass is 10.2. The van der Waals surface area contributed by atoms with E-state index in [4.69, 9.17) is 0 Å². The van der Waals surface area contributed by atoms with E-state index >= 15 is 0 Å². The first-order valence-corrected chi connectivity index (χ1v) is 12.5. The summed E-state index contributed by atoms with van der Waals surface area (Å²) in [6, 6.07) is -0.874. The van der Waals surface area contributed by atoms with Crippen LogP contribution < -0.4 is 0 Å². The summed E-state index contributed by atoms with van der Waals surface area (Å²) >= 11 is 0. The Labute approximate surface area is 182 Å². The number of urea groups is 1. The van der Waals surface area contributed by atoms with Crippen molar-refractivity contribution in [1.82, 2.24) is 24.5 Å². The van der Waals surface area contributed by atoms with Crippen LogP contribution in [0, 0.1) is 13.8 Å². The summed E-state index contributed by atoms with van der Waals surface area (Å²) in [5, 5.41) is 4.56. The zero-order valence-electron chi connectivity index (χ0n) is 18.2. The molecule has 0 N–H and O–H groups in total. The molecule has 10 nitrogen and oxygen atoms in total. The number of imide groups is 2. The molecule has 1 unspecified atom stereocenters. The number of hydrogen-bond acceptors (Lipinski definition) is 7. The molecule has 1 aromatic heterocycles. The first kappa shape index (κ1) is 21.9. The van der Waals surface area contributed by atoms with Crippen LogP contribution in [0.5, 0.6) is 0 Å². The summed E-state index contributed by atoms with van der Waals surface area (Å²) in [4.78, 5) is 41.6. The maximum atomic E-state index is 12.8. The molecule has 4 amide bonds. The van der Waals surface area contributed by atoms with E-state index in [-0.39, 0.29) is 30.3 Å². The Bertz CT molecular complexity index is 1030. The highest BCUT2D eigenvalue weighted by Crippen LogP contribution is 2.29. The van der Waals surface area contributed by atoms with Gasteiger partial charge in [-0.05, 0) is 40.2 Å². The molecule has 0 bridgehead atoms. The first-order chi connectivity index (χ1) is 14.6. The molecular formula is C20H29N5O5S. The van der Waals surface area contributed by atoms with E-state index in [0.29, 0.717) is 13.0 Å². The van der Waals surface area contributed by atoms with Crippen LogP contribution in [-0.4, -0.2) is 82.0 Å². The Morgan fingerprint density at radius 3 is 2.32 bits per heavy atom. The Balaban J connectivity index is 1.45. The monoisotopic (exact) mass is 451 g/mol. The van der Waals surface area contributed by atoms with E-state index in [1.807, 2.05) is 13.8 Å². The van der Waals surface area contributed by atoms with Gasteiger partial charge in [-0.2, -0.15) is 5.10 Å². The summed E-state index contributed by atoms with van der Waals surface area (Å²) in [6.45, 7) is 4.21. The minimum Gasteiger partial charge on any atom is -0.284 e. The normalized spacial score (nSPS) is 24.4. The molecule has 4 rings (SSSR count). The van der Waals surface area contributed by atoms with Gasteiger partial charge in [0, 0.05) is 23.8 Å². The van der Waals surface area contributed by atoms with Gasteiger partial charge < -0.3 is 0 Å². The average molecular weight is 452 g/mol. The molecule has 2 aliphatic heterocycles. The Kier molecular flexibility index (Phi) is 5.67. The van der Waals surface area contributed by atoms with Crippen LogP contribution >= 0.6 is 0 Å². The van der Waals surface area contributed by atoms with Crippen molar-refractivity contribution in [1.29, 1.82) is 0 Å². The number of carbonyl (C=O) groups is 3.